The fourth-order valence-electron chi connectivity index (χ4n) is 2.94. The van der Waals surface area contributed by atoms with Crippen LogP contribution < -0.4 is 4.74 Å². The molecule has 0 bridgehead atoms. The SMILES string of the molecule is COc1ccc(C(Cl)CCC2CCCC2)cc1C. The zero-order valence-electron chi connectivity index (χ0n) is 11.4. The first-order valence-electron chi connectivity index (χ1n) is 6.99. The van der Waals surface area contributed by atoms with Crippen molar-refractivity contribution in [2.45, 2.75) is 50.8 Å². The molecule has 1 saturated carbocycles. The summed E-state index contributed by atoms with van der Waals surface area (Å²) in [5.74, 6) is 1.86. The van der Waals surface area contributed by atoms with E-state index in [0.29, 0.717) is 0 Å². The minimum absolute atomic E-state index is 0.148. The fourth-order valence-corrected chi connectivity index (χ4v) is 3.21. The van der Waals surface area contributed by atoms with Crippen LogP contribution in [0.2, 0.25) is 0 Å². The highest BCUT2D eigenvalue weighted by Gasteiger charge is 2.17. The molecule has 1 nitrogen and oxygen atoms in total. The van der Waals surface area contributed by atoms with Gasteiger partial charge in [0, 0.05) is 0 Å². The third-order valence-corrected chi connectivity index (χ3v) is 4.55. The summed E-state index contributed by atoms with van der Waals surface area (Å²) < 4.78 is 5.28. The van der Waals surface area contributed by atoms with Gasteiger partial charge in [-0.2, -0.15) is 0 Å². The molecule has 0 N–H and O–H groups in total. The van der Waals surface area contributed by atoms with E-state index >= 15 is 0 Å². The summed E-state index contributed by atoms with van der Waals surface area (Å²) in [6.45, 7) is 2.07. The van der Waals surface area contributed by atoms with E-state index in [2.05, 4.69) is 19.1 Å². The number of benzene rings is 1. The maximum absolute atomic E-state index is 6.51. The Bertz CT molecular complexity index is 383. The third-order valence-electron chi connectivity index (χ3n) is 4.08. The van der Waals surface area contributed by atoms with E-state index < -0.39 is 0 Å². The number of hydrogen-bond acceptors (Lipinski definition) is 1. The zero-order chi connectivity index (χ0) is 13.0. The molecule has 2 rings (SSSR count). The summed E-state index contributed by atoms with van der Waals surface area (Å²) in [6, 6.07) is 6.28. The molecule has 2 heteroatoms. The highest BCUT2D eigenvalue weighted by atomic mass is 35.5. The van der Waals surface area contributed by atoms with Gasteiger partial charge in [0.25, 0.3) is 0 Å². The van der Waals surface area contributed by atoms with E-state index in [1.54, 1.807) is 7.11 Å². The molecule has 0 amide bonds. The summed E-state index contributed by atoms with van der Waals surface area (Å²) in [5, 5.41) is 0.148. The molecule has 0 heterocycles. The molecule has 0 aromatic heterocycles. The van der Waals surface area contributed by atoms with E-state index in [4.69, 9.17) is 16.3 Å². The molecule has 0 saturated heterocycles. The summed E-state index contributed by atoms with van der Waals surface area (Å²) >= 11 is 6.51. The van der Waals surface area contributed by atoms with Crippen molar-refractivity contribution in [3.05, 3.63) is 29.3 Å². The monoisotopic (exact) mass is 266 g/mol. The Morgan fingerprint density at radius 3 is 2.67 bits per heavy atom. The van der Waals surface area contributed by atoms with Crippen molar-refractivity contribution in [2.75, 3.05) is 7.11 Å². The number of aryl methyl sites for hydroxylation is 1. The van der Waals surface area contributed by atoms with Gasteiger partial charge in [0.2, 0.25) is 0 Å². The first-order valence-corrected chi connectivity index (χ1v) is 7.43. The van der Waals surface area contributed by atoms with Gasteiger partial charge in [-0.15, -0.1) is 11.6 Å². The molecule has 1 aliphatic rings. The maximum atomic E-state index is 6.51. The van der Waals surface area contributed by atoms with E-state index in [1.807, 2.05) is 6.07 Å². The highest BCUT2D eigenvalue weighted by Crippen LogP contribution is 2.34. The third kappa shape index (κ3) is 3.41. The zero-order valence-corrected chi connectivity index (χ0v) is 12.2. The van der Waals surface area contributed by atoms with Crippen molar-refractivity contribution < 1.29 is 4.74 Å². The van der Waals surface area contributed by atoms with E-state index in [0.717, 1.165) is 18.1 Å². The fraction of sp³-hybridized carbons (Fsp3) is 0.625. The van der Waals surface area contributed by atoms with E-state index in [1.165, 1.54) is 43.2 Å². The topological polar surface area (TPSA) is 9.23 Å². The Balaban J connectivity index is 1.91. The van der Waals surface area contributed by atoms with Crippen LogP contribution in [0.5, 0.6) is 5.75 Å². The van der Waals surface area contributed by atoms with Gasteiger partial charge in [0.15, 0.2) is 0 Å². The van der Waals surface area contributed by atoms with Crippen molar-refractivity contribution in [1.29, 1.82) is 0 Å². The van der Waals surface area contributed by atoms with Crippen LogP contribution in [0, 0.1) is 12.8 Å². The normalized spacial score (nSPS) is 17.9. The van der Waals surface area contributed by atoms with Gasteiger partial charge in [0.1, 0.15) is 5.75 Å². The first kappa shape index (κ1) is 13.7. The summed E-state index contributed by atoms with van der Waals surface area (Å²) in [4.78, 5) is 0. The van der Waals surface area contributed by atoms with Crippen LogP contribution in [-0.4, -0.2) is 7.11 Å². The molecule has 100 valence electrons. The molecular formula is C16H23ClO. The summed E-state index contributed by atoms with van der Waals surface area (Å²) in [7, 11) is 1.71. The van der Waals surface area contributed by atoms with Crippen LogP contribution in [0.25, 0.3) is 0 Å². The van der Waals surface area contributed by atoms with E-state index in [-0.39, 0.29) is 5.38 Å². The first-order chi connectivity index (χ1) is 8.70. The second-order valence-electron chi connectivity index (χ2n) is 5.42. The second kappa shape index (κ2) is 6.47. The van der Waals surface area contributed by atoms with Gasteiger partial charge in [-0.1, -0.05) is 37.8 Å². The lowest BCUT2D eigenvalue weighted by Crippen LogP contribution is -1.98. The minimum atomic E-state index is 0.148. The van der Waals surface area contributed by atoms with Gasteiger partial charge < -0.3 is 4.74 Å². The molecule has 1 fully saturated rings. The maximum Gasteiger partial charge on any atom is 0.121 e. The standard InChI is InChI=1S/C16H23ClO/c1-12-11-14(8-10-16(12)18-2)15(17)9-7-13-5-3-4-6-13/h8,10-11,13,15H,3-7,9H2,1-2H3. The smallest absolute Gasteiger partial charge is 0.121 e. The van der Waals surface area contributed by atoms with Crippen molar-refractivity contribution in [3.8, 4) is 5.75 Å². The Morgan fingerprint density at radius 1 is 1.33 bits per heavy atom. The molecule has 1 unspecified atom stereocenters. The summed E-state index contributed by atoms with van der Waals surface area (Å²) in [6.07, 6.45) is 8.02. The van der Waals surface area contributed by atoms with Gasteiger partial charge in [-0.25, -0.2) is 0 Å². The van der Waals surface area contributed by atoms with E-state index in [9.17, 15) is 0 Å². The Labute approximate surface area is 115 Å². The van der Waals surface area contributed by atoms with Crippen molar-refractivity contribution >= 4 is 11.6 Å². The second-order valence-corrected chi connectivity index (χ2v) is 5.95. The molecule has 0 spiro atoms. The molecule has 1 aromatic carbocycles. The minimum Gasteiger partial charge on any atom is -0.496 e. The number of hydrogen-bond donors (Lipinski definition) is 0. The molecule has 1 aromatic rings. The molecule has 0 radical (unpaired) electrons. The van der Waals surface area contributed by atoms with Crippen molar-refractivity contribution in [3.63, 3.8) is 0 Å². The van der Waals surface area contributed by atoms with Crippen LogP contribution >= 0.6 is 11.6 Å². The largest absolute Gasteiger partial charge is 0.496 e. The quantitative estimate of drug-likeness (QED) is 0.661. The number of halogens is 1. The predicted molar refractivity (Wildman–Crippen MR) is 77.5 cm³/mol. The average molecular weight is 267 g/mol. The Kier molecular flexibility index (Phi) is 4.94. The van der Waals surface area contributed by atoms with Crippen LogP contribution in [0.1, 0.15) is 55.0 Å². The molecular weight excluding hydrogens is 244 g/mol. The average Bonchev–Trinajstić information content (AvgIpc) is 2.89. The Morgan fingerprint density at radius 2 is 2.06 bits per heavy atom. The highest BCUT2D eigenvalue weighted by molar-refractivity contribution is 6.20. The summed E-state index contributed by atoms with van der Waals surface area (Å²) in [5.41, 5.74) is 2.40. The number of rotatable bonds is 5. The number of alkyl halides is 1. The lowest BCUT2D eigenvalue weighted by molar-refractivity contribution is 0.411. The van der Waals surface area contributed by atoms with Gasteiger partial charge in [-0.05, 0) is 42.9 Å². The lowest BCUT2D eigenvalue weighted by atomic mass is 9.97. The lowest BCUT2D eigenvalue weighted by Gasteiger charge is -2.15. The van der Waals surface area contributed by atoms with Crippen LogP contribution in [0.3, 0.4) is 0 Å². The Hall–Kier alpha value is -0.690. The molecule has 0 aliphatic heterocycles. The van der Waals surface area contributed by atoms with Crippen molar-refractivity contribution in [1.82, 2.24) is 0 Å². The van der Waals surface area contributed by atoms with Gasteiger partial charge in [-0.3, -0.25) is 0 Å². The number of methoxy groups -OCH3 is 1. The van der Waals surface area contributed by atoms with Gasteiger partial charge in [0.05, 0.1) is 12.5 Å². The molecule has 1 aliphatic carbocycles. The van der Waals surface area contributed by atoms with Gasteiger partial charge >= 0.3 is 0 Å². The van der Waals surface area contributed by atoms with Crippen LogP contribution in [-0.2, 0) is 0 Å². The molecule has 18 heavy (non-hydrogen) atoms. The van der Waals surface area contributed by atoms with Crippen LogP contribution in [0.4, 0.5) is 0 Å². The van der Waals surface area contributed by atoms with Crippen LogP contribution in [0.15, 0.2) is 18.2 Å². The predicted octanol–water partition coefficient (Wildman–Crippen LogP) is 5.25. The van der Waals surface area contributed by atoms with Crippen molar-refractivity contribution in [2.24, 2.45) is 5.92 Å². The molecule has 1 atom stereocenters. The number of ether oxygens (including phenoxy) is 1.